The van der Waals surface area contributed by atoms with Gasteiger partial charge in [-0.2, -0.15) is 0 Å². The number of amides is 3. The average Bonchev–Trinajstić information content (AvgIpc) is 0.840. The van der Waals surface area contributed by atoms with Crippen molar-refractivity contribution in [2.45, 2.75) is 52.9 Å². The fourth-order valence-electron chi connectivity index (χ4n) is 8.24. The van der Waals surface area contributed by atoms with Gasteiger partial charge in [-0.3, -0.25) is 34.1 Å². The van der Waals surface area contributed by atoms with Crippen molar-refractivity contribution in [3.63, 3.8) is 0 Å². The van der Waals surface area contributed by atoms with Gasteiger partial charge in [-0.1, -0.05) is 44.1 Å². The van der Waals surface area contributed by atoms with Crippen molar-refractivity contribution in [3.8, 4) is 51.7 Å². The van der Waals surface area contributed by atoms with Crippen LogP contribution < -0.4 is 50.5 Å². The number of pyridine rings is 3. The second kappa shape index (κ2) is 39.7. The Morgan fingerprint density at radius 2 is 0.837 bits per heavy atom. The minimum absolute atomic E-state index is 0. The number of hydrogen-bond acceptors (Lipinski definition) is 16. The van der Waals surface area contributed by atoms with Crippen molar-refractivity contribution in [2.24, 2.45) is 0 Å². The molecule has 0 aliphatic heterocycles. The highest BCUT2D eigenvalue weighted by Crippen LogP contribution is 2.38. The van der Waals surface area contributed by atoms with E-state index >= 15 is 0 Å². The summed E-state index contributed by atoms with van der Waals surface area (Å²) in [7, 11) is 3.23. The summed E-state index contributed by atoms with van der Waals surface area (Å²) in [5, 5.41) is 30.5. The molecule has 28 heteroatoms. The molecule has 0 aliphatic carbocycles. The Morgan fingerprint density at radius 3 is 1.11 bits per heavy atom. The third-order valence-corrected chi connectivity index (χ3v) is 13.4. The van der Waals surface area contributed by atoms with Gasteiger partial charge in [-0.25, -0.2) is 26.3 Å². The Balaban J connectivity index is 0.000000292. The summed E-state index contributed by atoms with van der Waals surface area (Å²) >= 11 is 3.28. The van der Waals surface area contributed by atoms with E-state index in [-0.39, 0.29) is 72.1 Å². The van der Waals surface area contributed by atoms with E-state index in [2.05, 4.69) is 60.0 Å². The zero-order valence-electron chi connectivity index (χ0n) is 54.0. The average molecular weight is 1420 g/mol. The van der Waals surface area contributed by atoms with E-state index < -0.39 is 77.0 Å². The number of ether oxygens (including phenoxy) is 6. The minimum atomic E-state index is -1.34. The van der Waals surface area contributed by atoms with Crippen LogP contribution in [0, 0.1) is 34.9 Å². The Morgan fingerprint density at radius 1 is 0.531 bits per heavy atom. The highest BCUT2D eigenvalue weighted by molar-refractivity contribution is 9.10. The van der Waals surface area contributed by atoms with Gasteiger partial charge in [0.15, 0.2) is 52.2 Å². The Hall–Kier alpha value is -11.1. The molecule has 9 N–H and O–H groups in total. The van der Waals surface area contributed by atoms with E-state index in [9.17, 15) is 40.7 Å². The number of carbonyl (C=O) groups excluding carboxylic acids is 3. The van der Waals surface area contributed by atoms with Gasteiger partial charge < -0.3 is 65.7 Å². The van der Waals surface area contributed by atoms with Gasteiger partial charge >= 0.3 is 7.12 Å². The van der Waals surface area contributed by atoms with E-state index in [1.807, 2.05) is 13.8 Å². The van der Waals surface area contributed by atoms with Crippen LogP contribution in [0.15, 0.2) is 188 Å². The van der Waals surface area contributed by atoms with Gasteiger partial charge in [0.05, 0.1) is 45.1 Å². The molecule has 20 nitrogen and oxygen atoms in total. The smallest absolute Gasteiger partial charge is 0.483 e. The number of methoxy groups -OCH3 is 3. The Kier molecular flexibility index (Phi) is 32.2. The van der Waals surface area contributed by atoms with Crippen LogP contribution in [0.1, 0.15) is 61.4 Å². The molecule has 514 valence electrons. The lowest BCUT2D eigenvalue weighted by atomic mass is 9.82. The van der Waals surface area contributed by atoms with Gasteiger partial charge in [-0.15, -0.1) is 6.58 Å². The molecule has 0 fully saturated rings. The first kappa shape index (κ1) is 79.4. The van der Waals surface area contributed by atoms with Gasteiger partial charge in [-0.05, 0) is 131 Å². The number of nitrogens with one attached hydrogen (secondary N) is 3. The first-order valence-electron chi connectivity index (χ1n) is 28.8. The number of aromatic nitrogens is 3. The highest BCUT2D eigenvalue weighted by atomic mass is 79.9. The van der Waals surface area contributed by atoms with Crippen molar-refractivity contribution in [1.29, 1.82) is 0 Å². The number of anilines is 3. The molecule has 0 saturated carbocycles. The zero-order chi connectivity index (χ0) is 71.3. The van der Waals surface area contributed by atoms with Crippen molar-refractivity contribution >= 4 is 69.9 Å². The summed E-state index contributed by atoms with van der Waals surface area (Å²) in [6.07, 6.45) is 9.53. The molecule has 0 spiro atoms. The third-order valence-electron chi connectivity index (χ3n) is 12.8. The second-order valence-electron chi connectivity index (χ2n) is 20.7. The number of nitrogens with zero attached hydrogens (tertiary/aromatic N) is 3. The standard InChI is InChI=1S/C23H22F2N2O3.C23H20F2N2O3.C20H15BrF2N2O3.C3H7BO2.CH2O2.H3N/c2*1-14(2)18-12-17(6-7-21(18)29-3)30-23-19(24)10-16(11-20(23)25)27-22(28)9-15-5-4-8-26-13-15;1-27-18-5-4-14(10-15(18)21)28-20-16(22)8-13(9-17(20)23)25-19(26)7-12-3-2-6-24-11-12;1-3(2)4(5)6;2-1-3;/h4-8,10-14H,9H2,1-3H3,(H,27,28);4-8,10-13H,1,9H2,2-3H3,(H,27,28);2-6,8-11H,7H2,1H3,(H,25,26);5-6H,1H2,2H3;1H,(H,2,3);1H3. The van der Waals surface area contributed by atoms with E-state index in [1.54, 1.807) is 131 Å². The van der Waals surface area contributed by atoms with Gasteiger partial charge in [0.2, 0.25) is 17.7 Å². The molecule has 3 heterocycles. The van der Waals surface area contributed by atoms with E-state index in [4.69, 9.17) is 48.4 Å². The first-order chi connectivity index (χ1) is 46.2. The molecule has 0 aliphatic rings. The lowest BCUT2D eigenvalue weighted by Gasteiger charge is -2.15. The first-order valence-corrected chi connectivity index (χ1v) is 29.6. The SMILES string of the molecule is C=C(C)B(O)O.C=C(C)c1cc(Oc2c(F)cc(NC(=O)Cc3cccnc3)cc2F)ccc1OC.COc1ccc(Oc2c(F)cc(NC(=O)Cc3cccnc3)cc2F)cc1Br.COc1ccc(Oc2c(F)cc(NC(=O)Cc3cccnc3)cc2F)cc1C(C)C.N.O=CO. The second-order valence-corrected chi connectivity index (χ2v) is 21.5. The molecular formula is C70H69BBrF6N7O13. The van der Waals surface area contributed by atoms with Gasteiger partial charge in [0, 0.05) is 102 Å². The summed E-state index contributed by atoms with van der Waals surface area (Å²) in [6, 6.07) is 30.7. The molecule has 3 aromatic heterocycles. The molecule has 0 radical (unpaired) electrons. The van der Waals surface area contributed by atoms with Crippen LogP contribution in [0.25, 0.3) is 5.57 Å². The number of carbonyl (C=O) groups is 4. The monoisotopic (exact) mass is 1420 g/mol. The van der Waals surface area contributed by atoms with Crippen LogP contribution in [-0.4, -0.2) is 82.7 Å². The summed E-state index contributed by atoms with van der Waals surface area (Å²) in [5.74, 6) is -5.88. The number of hydrogen-bond donors (Lipinski definition) is 7. The van der Waals surface area contributed by atoms with Crippen molar-refractivity contribution in [2.75, 3.05) is 37.3 Å². The summed E-state index contributed by atoms with van der Waals surface area (Å²) < 4.78 is 119. The fraction of sp³-hybridized carbons (Fsp3) is 0.157. The van der Waals surface area contributed by atoms with Crippen LogP contribution in [0.3, 0.4) is 0 Å². The number of halogens is 7. The molecule has 0 bridgehead atoms. The molecular weight excluding hydrogens is 1350 g/mol. The molecule has 6 aromatic carbocycles. The summed E-state index contributed by atoms with van der Waals surface area (Å²) in [6.45, 7) is 14.1. The van der Waals surface area contributed by atoms with Gasteiger partial charge in [0.1, 0.15) is 34.5 Å². The lowest BCUT2D eigenvalue weighted by molar-refractivity contribution is -0.123. The molecule has 9 aromatic rings. The molecule has 98 heavy (non-hydrogen) atoms. The maximum atomic E-state index is 14.5. The number of allylic oxidation sites excluding steroid dienone is 2. The van der Waals surface area contributed by atoms with Crippen LogP contribution in [0.4, 0.5) is 43.4 Å². The van der Waals surface area contributed by atoms with E-state index in [0.717, 1.165) is 42.0 Å². The Bertz CT molecular complexity index is 4100. The maximum absolute atomic E-state index is 14.5. The van der Waals surface area contributed by atoms with Crippen LogP contribution in [0.2, 0.25) is 0 Å². The predicted octanol–water partition coefficient (Wildman–Crippen LogP) is 15.4. The quantitative estimate of drug-likeness (QED) is 0.0200. The molecule has 0 atom stereocenters. The number of benzene rings is 6. The predicted molar refractivity (Wildman–Crippen MR) is 363 cm³/mol. The third kappa shape index (κ3) is 25.3. The molecule has 0 saturated heterocycles. The lowest BCUT2D eigenvalue weighted by Crippen LogP contribution is -2.15. The van der Waals surface area contributed by atoms with E-state index in [1.165, 1.54) is 32.4 Å². The summed E-state index contributed by atoms with van der Waals surface area (Å²) in [4.78, 5) is 56.4. The topological polar surface area (TPSA) is 294 Å². The molecule has 9 rings (SSSR count). The zero-order valence-corrected chi connectivity index (χ0v) is 55.6. The summed E-state index contributed by atoms with van der Waals surface area (Å²) in [5.41, 5.74) is 4.65. The Labute approximate surface area is 569 Å². The maximum Gasteiger partial charge on any atom is 0.483 e. The number of rotatable bonds is 21. The van der Waals surface area contributed by atoms with E-state index in [0.29, 0.717) is 55.0 Å². The van der Waals surface area contributed by atoms with Crippen LogP contribution in [0.5, 0.6) is 51.7 Å². The van der Waals surface area contributed by atoms with Crippen molar-refractivity contribution in [3.05, 3.63) is 250 Å². The minimum Gasteiger partial charge on any atom is -0.496 e. The highest BCUT2D eigenvalue weighted by Gasteiger charge is 2.21. The molecule has 0 unspecified atom stereocenters. The van der Waals surface area contributed by atoms with Crippen LogP contribution >= 0.6 is 15.9 Å². The molecule has 3 amide bonds. The number of carboxylic acid groups (broad SMARTS) is 1. The fourth-order valence-corrected chi connectivity index (χ4v) is 8.76. The van der Waals surface area contributed by atoms with Crippen molar-refractivity contribution < 1.29 is 89.1 Å². The van der Waals surface area contributed by atoms with Gasteiger partial charge in [0.25, 0.3) is 6.47 Å². The van der Waals surface area contributed by atoms with Crippen molar-refractivity contribution in [1.82, 2.24) is 21.1 Å². The van der Waals surface area contributed by atoms with Crippen LogP contribution in [-0.2, 0) is 38.4 Å². The largest absolute Gasteiger partial charge is 0.496 e. The normalized spacial score (nSPS) is 10.1.